The summed E-state index contributed by atoms with van der Waals surface area (Å²) in [5.41, 5.74) is 9.45. The Hall–Kier alpha value is -3.40. The lowest BCUT2D eigenvalue weighted by Gasteiger charge is -1.95. The lowest BCUT2D eigenvalue weighted by Crippen LogP contribution is -1.82. The number of aromatic amines is 2. The smallest absolute Gasteiger partial charge is 0.0659 e. The molecule has 0 atom stereocenters. The number of H-pyrrole nitrogens is 2. The summed E-state index contributed by atoms with van der Waals surface area (Å²) in [6, 6.07) is 14.8. The van der Waals surface area contributed by atoms with E-state index in [1.807, 2.05) is 24.3 Å². The number of hydrogen-bond acceptors (Lipinski definition) is 2. The van der Waals surface area contributed by atoms with Gasteiger partial charge in [-0.25, -0.2) is 9.97 Å². The maximum absolute atomic E-state index is 4.74. The van der Waals surface area contributed by atoms with E-state index in [-0.39, 0.29) is 0 Å². The maximum Gasteiger partial charge on any atom is 0.0659 e. The van der Waals surface area contributed by atoms with Crippen LogP contribution in [0.5, 0.6) is 0 Å². The number of unbranched alkanes of at least 4 members (excludes halogenated alkanes) is 1. The number of fused-ring (bicyclic) bond motifs is 8. The highest BCUT2D eigenvalue weighted by Crippen LogP contribution is 2.20. The topological polar surface area (TPSA) is 57.4 Å². The summed E-state index contributed by atoms with van der Waals surface area (Å²) in [4.78, 5) is 16.4. The van der Waals surface area contributed by atoms with Crippen LogP contribution in [0.1, 0.15) is 48.1 Å². The molecule has 0 aliphatic carbocycles. The maximum atomic E-state index is 4.74. The van der Waals surface area contributed by atoms with Crippen molar-refractivity contribution in [2.75, 3.05) is 0 Å². The van der Waals surface area contributed by atoms with Crippen molar-refractivity contribution in [3.8, 4) is 0 Å². The molecule has 8 bridgehead atoms. The fraction of sp³-hybridized carbons (Fsp3) is 0.167. The van der Waals surface area contributed by atoms with Gasteiger partial charge in [-0.2, -0.15) is 0 Å². The first kappa shape index (κ1) is 16.8. The molecule has 0 aromatic carbocycles. The second-order valence-corrected chi connectivity index (χ2v) is 7.30. The van der Waals surface area contributed by atoms with Crippen molar-refractivity contribution in [3.63, 3.8) is 0 Å². The summed E-state index contributed by atoms with van der Waals surface area (Å²) in [7, 11) is 0. The van der Waals surface area contributed by atoms with Crippen LogP contribution >= 0.6 is 0 Å². The van der Waals surface area contributed by atoms with Gasteiger partial charge in [0.2, 0.25) is 0 Å². The van der Waals surface area contributed by atoms with Crippen molar-refractivity contribution in [2.24, 2.45) is 0 Å². The Bertz CT molecular complexity index is 1250. The third-order valence-electron chi connectivity index (χ3n) is 5.05. The minimum atomic E-state index is 0.923. The molecule has 0 saturated heterocycles. The molecule has 2 aliphatic rings. The molecular weight excluding hydrogens is 344 g/mol. The van der Waals surface area contributed by atoms with Crippen molar-refractivity contribution >= 4 is 46.4 Å². The summed E-state index contributed by atoms with van der Waals surface area (Å²) in [5.74, 6) is 0. The van der Waals surface area contributed by atoms with Crippen LogP contribution in [0.15, 0.2) is 42.5 Å². The fourth-order valence-electron chi connectivity index (χ4n) is 3.65. The number of hydrogen-bond donors (Lipinski definition) is 2. The molecule has 3 aromatic heterocycles. The van der Waals surface area contributed by atoms with Crippen LogP contribution in [0, 0.1) is 0 Å². The van der Waals surface area contributed by atoms with Crippen molar-refractivity contribution in [2.45, 2.75) is 26.2 Å². The fourth-order valence-corrected chi connectivity index (χ4v) is 3.65. The third kappa shape index (κ3) is 3.41. The monoisotopic (exact) mass is 366 g/mol. The minimum absolute atomic E-state index is 0.923. The summed E-state index contributed by atoms with van der Waals surface area (Å²) in [6.45, 7) is 2.23. The van der Waals surface area contributed by atoms with Gasteiger partial charge in [-0.1, -0.05) is 13.3 Å². The Morgan fingerprint density at radius 3 is 2.04 bits per heavy atom. The van der Waals surface area contributed by atoms with Gasteiger partial charge in [-0.05, 0) is 85.2 Å². The van der Waals surface area contributed by atoms with Crippen LogP contribution in [-0.4, -0.2) is 19.9 Å². The summed E-state index contributed by atoms with van der Waals surface area (Å²) in [5, 5.41) is 0. The van der Waals surface area contributed by atoms with Gasteiger partial charge in [0, 0.05) is 22.1 Å². The Balaban J connectivity index is 1.79. The van der Waals surface area contributed by atoms with Gasteiger partial charge in [0.25, 0.3) is 0 Å². The highest BCUT2D eigenvalue weighted by Gasteiger charge is 2.05. The highest BCUT2D eigenvalue weighted by molar-refractivity contribution is 5.78. The van der Waals surface area contributed by atoms with Gasteiger partial charge in [-0.3, -0.25) is 0 Å². The van der Waals surface area contributed by atoms with Gasteiger partial charge in [-0.15, -0.1) is 0 Å². The molecule has 3 aromatic rings. The molecule has 28 heavy (non-hydrogen) atoms. The van der Waals surface area contributed by atoms with Crippen molar-refractivity contribution in [1.82, 2.24) is 19.9 Å². The van der Waals surface area contributed by atoms with Gasteiger partial charge < -0.3 is 9.97 Å². The van der Waals surface area contributed by atoms with Gasteiger partial charge in [0.1, 0.15) is 0 Å². The average molecular weight is 366 g/mol. The van der Waals surface area contributed by atoms with E-state index >= 15 is 0 Å². The van der Waals surface area contributed by atoms with E-state index in [9.17, 15) is 0 Å². The molecule has 0 saturated carbocycles. The molecule has 0 unspecified atom stereocenters. The standard InChI is InChI=1S/C24H22N4/c1-2-3-4-16-11-23-14-21-8-7-19(26-21)12-17-5-6-18(25-17)13-20-9-10-22(27-20)15-24(16)28-23/h5-15,26,28H,2-4H2,1H3. The van der Waals surface area contributed by atoms with Gasteiger partial charge in [0.05, 0.1) is 22.8 Å². The molecule has 0 amide bonds. The van der Waals surface area contributed by atoms with E-state index in [0.29, 0.717) is 0 Å². The lowest BCUT2D eigenvalue weighted by atomic mass is 10.1. The van der Waals surface area contributed by atoms with E-state index in [4.69, 9.17) is 4.98 Å². The molecule has 2 aliphatic heterocycles. The molecule has 0 fully saturated rings. The summed E-state index contributed by atoms with van der Waals surface area (Å²) < 4.78 is 0. The number of nitrogens with zero attached hydrogens (tertiary/aromatic N) is 2. The molecule has 138 valence electrons. The first-order valence-corrected chi connectivity index (χ1v) is 9.82. The van der Waals surface area contributed by atoms with Crippen LogP contribution in [0.4, 0.5) is 0 Å². The van der Waals surface area contributed by atoms with Crippen LogP contribution in [0.25, 0.3) is 46.4 Å². The van der Waals surface area contributed by atoms with Crippen LogP contribution in [0.3, 0.4) is 0 Å². The zero-order valence-electron chi connectivity index (χ0n) is 15.9. The van der Waals surface area contributed by atoms with Crippen LogP contribution in [-0.2, 0) is 6.42 Å². The second-order valence-electron chi connectivity index (χ2n) is 7.30. The van der Waals surface area contributed by atoms with E-state index in [0.717, 1.165) is 51.3 Å². The molecule has 5 heterocycles. The number of aryl methyl sites for hydroxylation is 1. The van der Waals surface area contributed by atoms with Crippen molar-refractivity contribution < 1.29 is 0 Å². The first-order valence-electron chi connectivity index (χ1n) is 9.82. The Kier molecular flexibility index (Phi) is 4.17. The third-order valence-corrected chi connectivity index (χ3v) is 5.05. The van der Waals surface area contributed by atoms with E-state index in [2.05, 4.69) is 64.3 Å². The van der Waals surface area contributed by atoms with E-state index in [1.165, 1.54) is 18.4 Å². The predicted octanol–water partition coefficient (Wildman–Crippen LogP) is 6.00. The molecular formula is C24H22N4. The van der Waals surface area contributed by atoms with Gasteiger partial charge >= 0.3 is 0 Å². The molecule has 4 nitrogen and oxygen atoms in total. The number of aromatic nitrogens is 4. The predicted molar refractivity (Wildman–Crippen MR) is 117 cm³/mol. The number of nitrogens with one attached hydrogen (secondary N) is 2. The normalized spacial score (nSPS) is 12.6. The number of rotatable bonds is 3. The second kappa shape index (κ2) is 6.97. The van der Waals surface area contributed by atoms with Crippen molar-refractivity contribution in [1.29, 1.82) is 0 Å². The first-order chi connectivity index (χ1) is 13.7. The molecule has 2 N–H and O–H groups in total. The largest absolute Gasteiger partial charge is 0.355 e. The van der Waals surface area contributed by atoms with Crippen LogP contribution in [0.2, 0.25) is 0 Å². The lowest BCUT2D eigenvalue weighted by molar-refractivity contribution is 0.799. The molecule has 5 rings (SSSR count). The Labute approximate surface area is 163 Å². The average Bonchev–Trinajstić information content (AvgIpc) is 3.45. The zero-order chi connectivity index (χ0) is 18.9. The summed E-state index contributed by atoms with van der Waals surface area (Å²) >= 11 is 0. The SMILES string of the molecule is CCCCc1cc2cc3ccc(cc4nc(cc5nc(cc1[nH]2)C=C5)C=C4)[nH]3. The molecule has 0 radical (unpaired) electrons. The van der Waals surface area contributed by atoms with Crippen LogP contribution < -0.4 is 0 Å². The van der Waals surface area contributed by atoms with Gasteiger partial charge in [0.15, 0.2) is 0 Å². The van der Waals surface area contributed by atoms with Crippen molar-refractivity contribution in [3.05, 3.63) is 70.8 Å². The Morgan fingerprint density at radius 2 is 1.32 bits per heavy atom. The minimum Gasteiger partial charge on any atom is -0.355 e. The quantitative estimate of drug-likeness (QED) is 0.411. The van der Waals surface area contributed by atoms with E-state index < -0.39 is 0 Å². The highest BCUT2D eigenvalue weighted by atomic mass is 14.8. The van der Waals surface area contributed by atoms with E-state index in [1.54, 1.807) is 0 Å². The molecule has 0 spiro atoms. The Morgan fingerprint density at radius 1 is 0.679 bits per heavy atom. The molecule has 4 heteroatoms. The zero-order valence-corrected chi connectivity index (χ0v) is 15.9. The summed E-state index contributed by atoms with van der Waals surface area (Å²) in [6.07, 6.45) is 11.6.